The quantitative estimate of drug-likeness (QED) is 0.470. The monoisotopic (exact) mass is 494 g/mol. The van der Waals surface area contributed by atoms with Crippen molar-refractivity contribution in [2.24, 2.45) is 4.99 Å². The van der Waals surface area contributed by atoms with Crippen LogP contribution in [0.15, 0.2) is 63.5 Å². The van der Waals surface area contributed by atoms with Gasteiger partial charge in [0.05, 0.1) is 49.8 Å². The van der Waals surface area contributed by atoms with Gasteiger partial charge in [-0.3, -0.25) is 9.36 Å². The number of ether oxygens (including phenoxy) is 4. The largest absolute Gasteiger partial charge is 0.493 e. The SMILES string of the molecule is CCOC(=O)C1=C(C)N=c2s/c(=C\c3ccc(OC)c(OC)c3OC)c(=O)n2C1c1ccccc1. The number of thiazole rings is 1. The van der Waals surface area contributed by atoms with Gasteiger partial charge in [0.1, 0.15) is 0 Å². The molecular weight excluding hydrogens is 468 g/mol. The number of carbonyl (C=O) groups is 1. The van der Waals surface area contributed by atoms with Crippen LogP contribution in [-0.2, 0) is 9.53 Å². The first-order chi connectivity index (χ1) is 16.9. The zero-order valence-electron chi connectivity index (χ0n) is 20.2. The van der Waals surface area contributed by atoms with Gasteiger partial charge in [0.2, 0.25) is 5.75 Å². The normalized spacial score (nSPS) is 15.3. The van der Waals surface area contributed by atoms with Gasteiger partial charge in [-0.2, -0.15) is 0 Å². The summed E-state index contributed by atoms with van der Waals surface area (Å²) < 4.78 is 23.7. The van der Waals surface area contributed by atoms with Crippen LogP contribution in [0.5, 0.6) is 17.2 Å². The van der Waals surface area contributed by atoms with Crippen molar-refractivity contribution in [1.29, 1.82) is 0 Å². The molecule has 182 valence electrons. The predicted molar refractivity (Wildman–Crippen MR) is 133 cm³/mol. The summed E-state index contributed by atoms with van der Waals surface area (Å²) in [6.45, 7) is 3.73. The maximum Gasteiger partial charge on any atom is 0.338 e. The maximum absolute atomic E-state index is 13.7. The van der Waals surface area contributed by atoms with E-state index in [-0.39, 0.29) is 12.2 Å². The Labute approximate surface area is 206 Å². The molecule has 35 heavy (non-hydrogen) atoms. The van der Waals surface area contributed by atoms with E-state index in [2.05, 4.69) is 4.99 Å². The molecule has 3 aromatic rings. The predicted octanol–water partition coefficient (Wildman–Crippen LogP) is 2.82. The van der Waals surface area contributed by atoms with Gasteiger partial charge < -0.3 is 18.9 Å². The second-order valence-electron chi connectivity index (χ2n) is 7.64. The molecular formula is C26H26N2O6S. The molecule has 0 bridgehead atoms. The second kappa shape index (κ2) is 10.2. The molecule has 2 heterocycles. The summed E-state index contributed by atoms with van der Waals surface area (Å²) in [5.41, 5.74) is 2.04. The Kier molecular flexibility index (Phi) is 7.07. The van der Waals surface area contributed by atoms with Gasteiger partial charge in [-0.1, -0.05) is 41.7 Å². The molecule has 0 aliphatic carbocycles. The molecule has 1 aliphatic heterocycles. The number of fused-ring (bicyclic) bond motifs is 1. The molecule has 1 aromatic heterocycles. The Bertz CT molecular complexity index is 1470. The first-order valence-corrected chi connectivity index (χ1v) is 11.8. The molecule has 1 unspecified atom stereocenters. The Balaban J connectivity index is 1.96. The summed E-state index contributed by atoms with van der Waals surface area (Å²) in [7, 11) is 4.60. The first-order valence-electron chi connectivity index (χ1n) is 11.0. The number of hydrogen-bond acceptors (Lipinski definition) is 8. The minimum absolute atomic E-state index is 0.223. The first kappa shape index (κ1) is 24.3. The molecule has 9 heteroatoms. The number of hydrogen-bond donors (Lipinski definition) is 0. The third-order valence-electron chi connectivity index (χ3n) is 5.65. The van der Waals surface area contributed by atoms with Gasteiger partial charge in [-0.15, -0.1) is 0 Å². The van der Waals surface area contributed by atoms with Crippen molar-refractivity contribution in [3.8, 4) is 17.2 Å². The van der Waals surface area contributed by atoms with Crippen LogP contribution in [0, 0.1) is 0 Å². The van der Waals surface area contributed by atoms with Crippen LogP contribution in [0.2, 0.25) is 0 Å². The van der Waals surface area contributed by atoms with Crippen LogP contribution in [0.1, 0.15) is 31.0 Å². The lowest BCUT2D eigenvalue weighted by molar-refractivity contribution is -0.139. The molecule has 0 N–H and O–H groups in total. The Hall–Kier alpha value is -3.85. The Morgan fingerprint density at radius 3 is 2.40 bits per heavy atom. The van der Waals surface area contributed by atoms with Gasteiger partial charge >= 0.3 is 5.97 Å². The van der Waals surface area contributed by atoms with E-state index >= 15 is 0 Å². The molecule has 0 radical (unpaired) electrons. The van der Waals surface area contributed by atoms with Gasteiger partial charge in [-0.25, -0.2) is 9.79 Å². The summed E-state index contributed by atoms with van der Waals surface area (Å²) in [6, 6.07) is 12.3. The number of rotatable bonds is 7. The minimum atomic E-state index is -0.652. The molecule has 0 saturated carbocycles. The molecule has 0 amide bonds. The Morgan fingerprint density at radius 2 is 1.77 bits per heavy atom. The fourth-order valence-corrected chi connectivity index (χ4v) is 5.16. The molecule has 0 spiro atoms. The van der Waals surface area contributed by atoms with Crippen LogP contribution in [0.25, 0.3) is 6.08 Å². The number of carbonyl (C=O) groups excluding carboxylic acids is 1. The zero-order valence-corrected chi connectivity index (χ0v) is 21.0. The molecule has 8 nitrogen and oxygen atoms in total. The number of benzene rings is 2. The van der Waals surface area contributed by atoms with E-state index in [1.165, 1.54) is 25.6 Å². The number of aromatic nitrogens is 1. The zero-order chi connectivity index (χ0) is 25.1. The van der Waals surface area contributed by atoms with Crippen molar-refractivity contribution in [2.45, 2.75) is 19.9 Å². The fraction of sp³-hybridized carbons (Fsp3) is 0.269. The van der Waals surface area contributed by atoms with E-state index < -0.39 is 12.0 Å². The lowest BCUT2D eigenvalue weighted by Gasteiger charge is -2.24. The van der Waals surface area contributed by atoms with Crippen LogP contribution < -0.4 is 29.1 Å². The van der Waals surface area contributed by atoms with Crippen LogP contribution in [-0.4, -0.2) is 38.5 Å². The summed E-state index contributed by atoms with van der Waals surface area (Å²) in [5, 5.41) is 0. The highest BCUT2D eigenvalue weighted by Crippen LogP contribution is 2.40. The van der Waals surface area contributed by atoms with E-state index in [9.17, 15) is 9.59 Å². The number of nitrogens with zero attached hydrogens (tertiary/aromatic N) is 2. The van der Waals surface area contributed by atoms with E-state index in [1.54, 1.807) is 43.7 Å². The summed E-state index contributed by atoms with van der Waals surface area (Å²) in [5.74, 6) is 0.903. The number of allylic oxidation sites excluding steroid dienone is 1. The van der Waals surface area contributed by atoms with E-state index in [0.29, 0.717) is 43.4 Å². The van der Waals surface area contributed by atoms with Gasteiger partial charge in [0.25, 0.3) is 5.56 Å². The highest BCUT2D eigenvalue weighted by atomic mass is 32.1. The maximum atomic E-state index is 13.7. The van der Waals surface area contributed by atoms with Crippen molar-refractivity contribution in [3.63, 3.8) is 0 Å². The van der Waals surface area contributed by atoms with Crippen molar-refractivity contribution < 1.29 is 23.7 Å². The molecule has 0 fully saturated rings. The molecule has 1 aliphatic rings. The van der Waals surface area contributed by atoms with E-state index in [0.717, 1.165) is 5.56 Å². The number of esters is 1. The van der Waals surface area contributed by atoms with Crippen LogP contribution in [0.4, 0.5) is 0 Å². The van der Waals surface area contributed by atoms with Gasteiger partial charge in [0, 0.05) is 5.56 Å². The fourth-order valence-electron chi connectivity index (χ4n) is 4.12. The summed E-state index contributed by atoms with van der Waals surface area (Å²) in [6.07, 6.45) is 1.73. The average molecular weight is 495 g/mol. The summed E-state index contributed by atoms with van der Waals surface area (Å²) >= 11 is 1.24. The van der Waals surface area contributed by atoms with Crippen molar-refractivity contribution in [1.82, 2.24) is 4.57 Å². The third-order valence-corrected chi connectivity index (χ3v) is 6.64. The highest BCUT2D eigenvalue weighted by Gasteiger charge is 2.33. The third kappa shape index (κ3) is 4.35. The molecule has 2 aromatic carbocycles. The Morgan fingerprint density at radius 1 is 1.06 bits per heavy atom. The van der Waals surface area contributed by atoms with Crippen molar-refractivity contribution in [3.05, 3.63) is 84.5 Å². The average Bonchev–Trinajstić information content (AvgIpc) is 3.17. The van der Waals surface area contributed by atoms with Crippen molar-refractivity contribution >= 4 is 23.4 Å². The number of methoxy groups -OCH3 is 3. The minimum Gasteiger partial charge on any atom is -0.493 e. The lowest BCUT2D eigenvalue weighted by Crippen LogP contribution is -2.39. The molecule has 0 saturated heterocycles. The molecule has 1 atom stereocenters. The smallest absolute Gasteiger partial charge is 0.338 e. The second-order valence-corrected chi connectivity index (χ2v) is 8.65. The van der Waals surface area contributed by atoms with Gasteiger partial charge in [-0.05, 0) is 37.6 Å². The highest BCUT2D eigenvalue weighted by molar-refractivity contribution is 7.07. The topological polar surface area (TPSA) is 88.4 Å². The molecule has 4 rings (SSSR count). The van der Waals surface area contributed by atoms with Gasteiger partial charge in [0.15, 0.2) is 16.3 Å². The van der Waals surface area contributed by atoms with Crippen LogP contribution in [0.3, 0.4) is 0 Å². The van der Waals surface area contributed by atoms with E-state index in [1.807, 2.05) is 30.3 Å². The van der Waals surface area contributed by atoms with Crippen molar-refractivity contribution in [2.75, 3.05) is 27.9 Å². The lowest BCUT2D eigenvalue weighted by atomic mass is 9.96. The van der Waals surface area contributed by atoms with E-state index in [4.69, 9.17) is 18.9 Å². The summed E-state index contributed by atoms with van der Waals surface area (Å²) in [4.78, 5) is 31.7. The standard InChI is InChI=1S/C26H26N2O6S/c1-6-34-25(30)20-15(2)27-26-28(21(20)16-10-8-7-9-11-16)24(29)19(35-26)14-17-12-13-18(31-3)23(33-5)22(17)32-4/h7-14,21H,6H2,1-5H3/b19-14-. The van der Waals surface area contributed by atoms with Crippen LogP contribution >= 0.6 is 11.3 Å².